The molecule has 3 atom stereocenters. The zero-order chi connectivity index (χ0) is 15.2. The molecule has 2 rings (SSSR count). The van der Waals surface area contributed by atoms with Gasteiger partial charge >= 0.3 is 11.9 Å². The zero-order valence-corrected chi connectivity index (χ0v) is 12.3. The van der Waals surface area contributed by atoms with Gasteiger partial charge in [0.25, 0.3) is 0 Å². The Bertz CT molecular complexity index is 360. The molecule has 0 spiro atoms. The number of nitrogens with one attached hydrogen (secondary N) is 1. The van der Waals surface area contributed by atoms with E-state index in [4.69, 9.17) is 10.2 Å². The number of piperidine rings is 1. The van der Waals surface area contributed by atoms with Gasteiger partial charge in [0.05, 0.1) is 0 Å². The average Bonchev–Trinajstić information content (AvgIpc) is 2.72. The molecule has 3 N–H and O–H groups in total. The molecule has 0 aromatic rings. The quantitative estimate of drug-likeness (QED) is 0.690. The molecule has 114 valence electrons. The van der Waals surface area contributed by atoms with E-state index < -0.39 is 11.9 Å². The molecule has 2 aliphatic rings. The van der Waals surface area contributed by atoms with Crippen LogP contribution in [0.4, 0.5) is 0 Å². The molecule has 0 aromatic heterocycles. The highest BCUT2D eigenvalue weighted by Crippen LogP contribution is 2.41. The van der Waals surface area contributed by atoms with E-state index in [1.165, 1.54) is 38.5 Å². The fourth-order valence-corrected chi connectivity index (χ4v) is 3.23. The molecular formula is C15H25NO4. The van der Waals surface area contributed by atoms with Gasteiger partial charge in [-0.1, -0.05) is 26.7 Å². The SMILES string of the molecule is CCC(C)C12CCCC(CC1)N2.O=C(O)/C=C\C(=O)O. The predicted molar refractivity (Wildman–Crippen MR) is 76.6 cm³/mol. The summed E-state index contributed by atoms with van der Waals surface area (Å²) in [5.74, 6) is -1.64. The summed E-state index contributed by atoms with van der Waals surface area (Å²) in [6, 6.07) is 0.868. The second kappa shape index (κ2) is 7.43. The Morgan fingerprint density at radius 3 is 2.35 bits per heavy atom. The van der Waals surface area contributed by atoms with Crippen LogP contribution in [0.3, 0.4) is 0 Å². The van der Waals surface area contributed by atoms with Gasteiger partial charge in [0.1, 0.15) is 0 Å². The van der Waals surface area contributed by atoms with Crippen molar-refractivity contribution >= 4 is 11.9 Å². The van der Waals surface area contributed by atoms with E-state index in [1.54, 1.807) is 0 Å². The van der Waals surface area contributed by atoms with E-state index in [-0.39, 0.29) is 0 Å². The van der Waals surface area contributed by atoms with Crippen molar-refractivity contribution < 1.29 is 19.8 Å². The molecule has 0 aliphatic carbocycles. The minimum atomic E-state index is -1.26. The molecule has 0 amide bonds. The lowest BCUT2D eigenvalue weighted by molar-refractivity contribution is -0.134. The number of rotatable bonds is 4. The van der Waals surface area contributed by atoms with Crippen LogP contribution in [0.25, 0.3) is 0 Å². The first-order valence-electron chi connectivity index (χ1n) is 7.31. The smallest absolute Gasteiger partial charge is 0.328 e. The van der Waals surface area contributed by atoms with Crippen molar-refractivity contribution in [2.24, 2.45) is 5.92 Å². The van der Waals surface area contributed by atoms with Gasteiger partial charge < -0.3 is 15.5 Å². The third-order valence-electron chi connectivity index (χ3n) is 4.53. The summed E-state index contributed by atoms with van der Waals surface area (Å²) in [5.41, 5.74) is 0.553. The molecule has 0 saturated carbocycles. The first-order chi connectivity index (χ1) is 9.39. The van der Waals surface area contributed by atoms with E-state index in [0.29, 0.717) is 17.7 Å². The summed E-state index contributed by atoms with van der Waals surface area (Å²) < 4.78 is 0. The van der Waals surface area contributed by atoms with Crippen molar-refractivity contribution in [3.8, 4) is 0 Å². The third kappa shape index (κ3) is 4.63. The lowest BCUT2D eigenvalue weighted by atomic mass is 9.78. The van der Waals surface area contributed by atoms with Crippen molar-refractivity contribution in [3.63, 3.8) is 0 Å². The summed E-state index contributed by atoms with van der Waals surface area (Å²) in [6.45, 7) is 4.74. The maximum atomic E-state index is 9.55. The van der Waals surface area contributed by atoms with Crippen LogP contribution < -0.4 is 5.32 Å². The number of carboxylic acid groups (broad SMARTS) is 2. The van der Waals surface area contributed by atoms with E-state index in [1.807, 2.05) is 0 Å². The molecule has 2 fully saturated rings. The molecule has 20 heavy (non-hydrogen) atoms. The van der Waals surface area contributed by atoms with Gasteiger partial charge in [-0.25, -0.2) is 9.59 Å². The van der Waals surface area contributed by atoms with Crippen LogP contribution in [0, 0.1) is 5.92 Å². The Hall–Kier alpha value is -1.36. The average molecular weight is 283 g/mol. The Morgan fingerprint density at radius 2 is 1.85 bits per heavy atom. The minimum absolute atomic E-state index is 0.553. The van der Waals surface area contributed by atoms with E-state index in [9.17, 15) is 9.59 Å². The van der Waals surface area contributed by atoms with Crippen molar-refractivity contribution in [1.29, 1.82) is 0 Å². The van der Waals surface area contributed by atoms with Crippen LogP contribution in [0.5, 0.6) is 0 Å². The maximum absolute atomic E-state index is 9.55. The first-order valence-corrected chi connectivity index (χ1v) is 7.31. The fraction of sp³-hybridized carbons (Fsp3) is 0.733. The van der Waals surface area contributed by atoms with Gasteiger partial charge in [-0.15, -0.1) is 0 Å². The number of carboxylic acids is 2. The molecule has 2 aliphatic heterocycles. The summed E-state index contributed by atoms with van der Waals surface area (Å²) in [6.07, 6.45) is 9.64. The van der Waals surface area contributed by atoms with Gasteiger partial charge in [0.2, 0.25) is 0 Å². The van der Waals surface area contributed by atoms with Crippen LogP contribution in [-0.2, 0) is 9.59 Å². The third-order valence-corrected chi connectivity index (χ3v) is 4.53. The van der Waals surface area contributed by atoms with E-state index >= 15 is 0 Å². The standard InChI is InChI=1S/C11H21N.C4H4O4/c1-3-9(2)11-7-4-5-10(12-11)6-8-11;5-3(6)1-2-4(7)8/h9-10,12H,3-8H2,1-2H3;1-2H,(H,5,6)(H,7,8)/b;2-1-. The molecule has 2 bridgehead atoms. The Morgan fingerprint density at radius 1 is 1.25 bits per heavy atom. The number of fused-ring (bicyclic) bond motifs is 2. The minimum Gasteiger partial charge on any atom is -0.478 e. The molecule has 0 aromatic carbocycles. The summed E-state index contributed by atoms with van der Waals surface area (Å²) >= 11 is 0. The second-order valence-electron chi connectivity index (χ2n) is 5.75. The maximum Gasteiger partial charge on any atom is 0.328 e. The highest BCUT2D eigenvalue weighted by molar-refractivity contribution is 5.89. The van der Waals surface area contributed by atoms with Crippen molar-refractivity contribution in [2.75, 3.05) is 0 Å². The molecule has 3 unspecified atom stereocenters. The van der Waals surface area contributed by atoms with Crippen LogP contribution >= 0.6 is 0 Å². The molecular weight excluding hydrogens is 258 g/mol. The zero-order valence-electron chi connectivity index (χ0n) is 12.3. The number of carbonyl (C=O) groups is 2. The molecule has 2 saturated heterocycles. The van der Waals surface area contributed by atoms with Gasteiger partial charge in [-0.2, -0.15) is 0 Å². The number of hydrogen-bond acceptors (Lipinski definition) is 3. The van der Waals surface area contributed by atoms with Crippen molar-refractivity contribution in [3.05, 3.63) is 12.2 Å². The van der Waals surface area contributed by atoms with Crippen LogP contribution in [-0.4, -0.2) is 33.7 Å². The molecule has 0 radical (unpaired) electrons. The topological polar surface area (TPSA) is 86.6 Å². The van der Waals surface area contributed by atoms with Crippen LogP contribution in [0.2, 0.25) is 0 Å². The van der Waals surface area contributed by atoms with Crippen LogP contribution in [0.1, 0.15) is 52.4 Å². The van der Waals surface area contributed by atoms with E-state index in [2.05, 4.69) is 19.2 Å². The van der Waals surface area contributed by atoms with Crippen molar-refractivity contribution in [2.45, 2.75) is 64.0 Å². The van der Waals surface area contributed by atoms with Gasteiger partial charge in [-0.05, 0) is 31.6 Å². The second-order valence-corrected chi connectivity index (χ2v) is 5.75. The van der Waals surface area contributed by atoms with Gasteiger partial charge in [-0.3, -0.25) is 0 Å². The Balaban J connectivity index is 0.000000221. The lowest BCUT2D eigenvalue weighted by Gasteiger charge is -2.39. The highest BCUT2D eigenvalue weighted by Gasteiger charge is 2.43. The largest absolute Gasteiger partial charge is 0.478 e. The summed E-state index contributed by atoms with van der Waals surface area (Å²) in [7, 11) is 0. The summed E-state index contributed by atoms with van der Waals surface area (Å²) in [5, 5.41) is 19.5. The lowest BCUT2D eigenvalue weighted by Crippen LogP contribution is -2.50. The van der Waals surface area contributed by atoms with Crippen molar-refractivity contribution in [1.82, 2.24) is 5.32 Å². The summed E-state index contributed by atoms with van der Waals surface area (Å²) in [4.78, 5) is 19.1. The molecule has 2 heterocycles. The van der Waals surface area contributed by atoms with Gasteiger partial charge in [0, 0.05) is 23.7 Å². The Labute approximate surface area is 120 Å². The van der Waals surface area contributed by atoms with Gasteiger partial charge in [0.15, 0.2) is 0 Å². The Kier molecular flexibility index (Phi) is 6.20. The normalized spacial score (nSPS) is 29.6. The number of hydrogen-bond donors (Lipinski definition) is 3. The number of aliphatic carboxylic acids is 2. The fourth-order valence-electron chi connectivity index (χ4n) is 3.23. The molecule has 5 nitrogen and oxygen atoms in total. The van der Waals surface area contributed by atoms with Crippen LogP contribution in [0.15, 0.2) is 12.2 Å². The molecule has 5 heteroatoms. The predicted octanol–water partition coefficient (Wildman–Crippen LogP) is 2.42. The highest BCUT2D eigenvalue weighted by atomic mass is 16.4. The first kappa shape index (κ1) is 16.7. The monoisotopic (exact) mass is 283 g/mol. The van der Waals surface area contributed by atoms with E-state index in [0.717, 1.165) is 12.0 Å².